The number of nitrogens with zero attached hydrogens (tertiary/aromatic N) is 1. The van der Waals surface area contributed by atoms with Crippen LogP contribution in [0, 0.1) is 0 Å². The topological polar surface area (TPSA) is 135 Å². The number of rotatable bonds is 7. The number of benzene rings is 1. The Kier molecular flexibility index (Phi) is 8.41. The van der Waals surface area contributed by atoms with Crippen molar-refractivity contribution in [2.24, 2.45) is 0 Å². The van der Waals surface area contributed by atoms with Gasteiger partial charge in [0.1, 0.15) is 12.5 Å². The van der Waals surface area contributed by atoms with E-state index in [1.165, 1.54) is 0 Å². The molecule has 0 unspecified atom stereocenters. The standard InChI is InChI=1S/C22H22ClF4N2O9P/c1-21(24)18(37-17(31)10-22(25,26)27)15(36-19(21)29-7-5-16(30)28-20(29)32)11-35-39(33)34-8-6-14(38-39)12-3-2-4-13(23)9-12/h2-5,7,9,14-15,18-19H,6,8,10-11H2,1H3,(H,28,30,32)/t14-,15+,18+,19+,21+,39+/m0/s1. The summed E-state index contributed by atoms with van der Waals surface area (Å²) in [5, 5.41) is 0.395. The van der Waals surface area contributed by atoms with Crippen LogP contribution in [0.2, 0.25) is 5.02 Å². The minimum atomic E-state index is -4.95. The molecule has 1 aromatic heterocycles. The van der Waals surface area contributed by atoms with E-state index in [0.29, 0.717) is 15.2 Å². The first-order chi connectivity index (χ1) is 18.2. The van der Waals surface area contributed by atoms with Gasteiger partial charge in [-0.05, 0) is 24.6 Å². The zero-order valence-corrected chi connectivity index (χ0v) is 21.7. The lowest BCUT2D eigenvalue weighted by Crippen LogP contribution is -2.46. The van der Waals surface area contributed by atoms with Gasteiger partial charge in [0.2, 0.25) is 0 Å². The molecule has 2 aromatic rings. The molecule has 0 amide bonds. The van der Waals surface area contributed by atoms with E-state index in [-0.39, 0.29) is 13.0 Å². The molecule has 0 bridgehead atoms. The summed E-state index contributed by atoms with van der Waals surface area (Å²) in [6, 6.07) is 7.40. The van der Waals surface area contributed by atoms with Crippen LogP contribution in [-0.4, -0.2) is 52.8 Å². The zero-order valence-electron chi connectivity index (χ0n) is 20.1. The molecule has 3 heterocycles. The fraction of sp³-hybridized carbons (Fsp3) is 0.500. The van der Waals surface area contributed by atoms with Gasteiger partial charge in [0.25, 0.3) is 5.56 Å². The second kappa shape index (κ2) is 11.1. The van der Waals surface area contributed by atoms with Crippen LogP contribution in [-0.2, 0) is 32.4 Å². The number of phosphoric acid groups is 1. The Morgan fingerprint density at radius 1 is 1.31 bits per heavy atom. The molecule has 11 nitrogen and oxygen atoms in total. The van der Waals surface area contributed by atoms with E-state index < -0.39 is 74.5 Å². The number of halogens is 5. The number of phosphoric ester groups is 1. The number of carbonyl (C=O) groups excluding carboxylic acids is 1. The lowest BCUT2D eigenvalue weighted by Gasteiger charge is -2.30. The number of ether oxygens (including phenoxy) is 2. The number of nitrogens with one attached hydrogen (secondary N) is 1. The number of esters is 1. The summed E-state index contributed by atoms with van der Waals surface area (Å²) in [5.74, 6) is -1.82. The summed E-state index contributed by atoms with van der Waals surface area (Å²) in [7, 11) is -4.33. The molecule has 1 N–H and O–H groups in total. The molecule has 1 aromatic carbocycles. The van der Waals surface area contributed by atoms with Gasteiger partial charge in [-0.15, -0.1) is 0 Å². The van der Waals surface area contributed by atoms with Gasteiger partial charge < -0.3 is 9.47 Å². The molecule has 39 heavy (non-hydrogen) atoms. The highest BCUT2D eigenvalue weighted by molar-refractivity contribution is 7.48. The van der Waals surface area contributed by atoms with Crippen molar-refractivity contribution in [1.29, 1.82) is 0 Å². The molecule has 4 rings (SSSR count). The Bertz CT molecular complexity index is 1380. The molecular weight excluding hydrogens is 579 g/mol. The maximum Gasteiger partial charge on any atom is 0.475 e. The van der Waals surface area contributed by atoms with Gasteiger partial charge in [0.15, 0.2) is 18.0 Å². The van der Waals surface area contributed by atoms with Crippen LogP contribution >= 0.6 is 19.4 Å². The van der Waals surface area contributed by atoms with Crippen LogP contribution < -0.4 is 11.2 Å². The third-order valence-electron chi connectivity index (χ3n) is 5.89. The molecule has 2 saturated heterocycles. The van der Waals surface area contributed by atoms with Crippen molar-refractivity contribution < 1.29 is 50.0 Å². The highest BCUT2D eigenvalue weighted by atomic mass is 35.5. The molecule has 2 fully saturated rings. The highest BCUT2D eigenvalue weighted by Gasteiger charge is 2.59. The number of alkyl halides is 4. The third-order valence-corrected chi connectivity index (χ3v) is 7.60. The van der Waals surface area contributed by atoms with Crippen molar-refractivity contribution in [3.8, 4) is 0 Å². The van der Waals surface area contributed by atoms with E-state index in [1.807, 2.05) is 4.98 Å². The molecule has 2 aliphatic rings. The molecule has 0 saturated carbocycles. The molecule has 0 radical (unpaired) electrons. The van der Waals surface area contributed by atoms with Crippen LogP contribution in [0.15, 0.2) is 46.1 Å². The van der Waals surface area contributed by atoms with E-state index >= 15 is 4.39 Å². The third kappa shape index (κ3) is 6.97. The molecule has 0 aliphatic carbocycles. The number of hydrogen-bond donors (Lipinski definition) is 1. The fourth-order valence-corrected chi connectivity index (χ4v) is 5.76. The summed E-state index contributed by atoms with van der Waals surface area (Å²) in [6.45, 7) is -0.0799. The molecule has 0 spiro atoms. The monoisotopic (exact) mass is 600 g/mol. The second-order valence-electron chi connectivity index (χ2n) is 8.91. The second-order valence-corrected chi connectivity index (χ2v) is 11.0. The smallest absolute Gasteiger partial charge is 0.456 e. The van der Waals surface area contributed by atoms with Gasteiger partial charge in [0, 0.05) is 23.7 Å². The van der Waals surface area contributed by atoms with Gasteiger partial charge >= 0.3 is 25.7 Å². The lowest BCUT2D eigenvalue weighted by molar-refractivity contribution is -0.182. The van der Waals surface area contributed by atoms with E-state index in [1.54, 1.807) is 24.3 Å². The van der Waals surface area contributed by atoms with Crippen LogP contribution in [0.3, 0.4) is 0 Å². The predicted molar refractivity (Wildman–Crippen MR) is 125 cm³/mol. The summed E-state index contributed by atoms with van der Waals surface area (Å²) < 4.78 is 94.3. The average Bonchev–Trinajstić information content (AvgIpc) is 3.06. The quantitative estimate of drug-likeness (QED) is 0.284. The van der Waals surface area contributed by atoms with Crippen molar-refractivity contribution in [2.45, 2.75) is 56.2 Å². The van der Waals surface area contributed by atoms with Crippen LogP contribution in [0.5, 0.6) is 0 Å². The summed E-state index contributed by atoms with van der Waals surface area (Å²) >= 11 is 6.00. The van der Waals surface area contributed by atoms with Crippen molar-refractivity contribution >= 4 is 25.4 Å². The largest absolute Gasteiger partial charge is 0.475 e. The highest BCUT2D eigenvalue weighted by Crippen LogP contribution is 2.57. The first kappa shape index (κ1) is 29.4. The number of carbonyl (C=O) groups is 1. The van der Waals surface area contributed by atoms with Crippen molar-refractivity contribution in [1.82, 2.24) is 9.55 Å². The maximum atomic E-state index is 16.0. The van der Waals surface area contributed by atoms with Crippen molar-refractivity contribution in [2.75, 3.05) is 13.2 Å². The summed E-state index contributed by atoms with van der Waals surface area (Å²) in [5.41, 5.74) is -4.15. The van der Waals surface area contributed by atoms with E-state index in [2.05, 4.69) is 0 Å². The molecule has 214 valence electrons. The normalized spacial score (nSPS) is 31.2. The first-order valence-corrected chi connectivity index (χ1v) is 13.3. The van der Waals surface area contributed by atoms with Crippen molar-refractivity contribution in [3.63, 3.8) is 0 Å². The Balaban J connectivity index is 1.56. The van der Waals surface area contributed by atoms with Gasteiger partial charge in [0.05, 0.1) is 19.3 Å². The minimum Gasteiger partial charge on any atom is -0.456 e. The number of H-pyrrole nitrogens is 1. The van der Waals surface area contributed by atoms with E-state index in [9.17, 15) is 32.1 Å². The molecule has 6 atom stereocenters. The van der Waals surface area contributed by atoms with Crippen molar-refractivity contribution in [3.05, 3.63) is 68.0 Å². The number of hydrogen-bond acceptors (Lipinski definition) is 9. The molecule has 17 heteroatoms. The minimum absolute atomic E-state index is 0.0692. The van der Waals surface area contributed by atoms with Gasteiger partial charge in [-0.3, -0.25) is 32.7 Å². The van der Waals surface area contributed by atoms with Crippen LogP contribution in [0.1, 0.15) is 37.7 Å². The Hall–Kier alpha value is -2.55. The maximum absolute atomic E-state index is 16.0. The Morgan fingerprint density at radius 2 is 2.05 bits per heavy atom. The molecule has 2 aliphatic heterocycles. The zero-order chi connectivity index (χ0) is 28.6. The molecular formula is C22H22ClF4N2O9P. The summed E-state index contributed by atoms with van der Waals surface area (Å²) in [4.78, 5) is 37.5. The SMILES string of the molecule is C[C@@]1(F)[C@H](OC(=O)CC(F)(F)F)[C@@H](CO[P@@]2(=O)OCC[C@@H](c3cccc(Cl)c3)O2)O[C@H]1n1ccc(=O)[nH]c1=O. The predicted octanol–water partition coefficient (Wildman–Crippen LogP) is 3.98. The van der Waals surface area contributed by atoms with Gasteiger partial charge in [-0.2, -0.15) is 13.2 Å². The Morgan fingerprint density at radius 3 is 2.72 bits per heavy atom. The summed E-state index contributed by atoms with van der Waals surface area (Å²) in [6.07, 6.45) is -12.2. The number of aromatic nitrogens is 2. The van der Waals surface area contributed by atoms with Gasteiger partial charge in [-0.1, -0.05) is 23.7 Å². The van der Waals surface area contributed by atoms with Gasteiger partial charge in [-0.25, -0.2) is 13.8 Å². The average molecular weight is 601 g/mol. The van der Waals surface area contributed by atoms with E-state index in [4.69, 9.17) is 34.6 Å². The number of aromatic amines is 1. The first-order valence-electron chi connectivity index (χ1n) is 11.4. The van der Waals surface area contributed by atoms with Crippen LogP contribution in [0.25, 0.3) is 0 Å². The Labute approximate surface area is 222 Å². The lowest BCUT2D eigenvalue weighted by atomic mass is 9.98. The van der Waals surface area contributed by atoms with Crippen LogP contribution in [0.4, 0.5) is 17.6 Å². The fourth-order valence-electron chi connectivity index (χ4n) is 4.17. The van der Waals surface area contributed by atoms with E-state index in [0.717, 1.165) is 19.2 Å².